The van der Waals surface area contributed by atoms with Gasteiger partial charge >= 0.3 is 0 Å². The minimum absolute atomic E-state index is 0.0531. The molecule has 3 N–H and O–H groups in total. The van der Waals surface area contributed by atoms with Gasteiger partial charge in [0.25, 0.3) is 5.69 Å². The first-order valence-corrected chi connectivity index (χ1v) is 5.49. The molecule has 0 heterocycles. The van der Waals surface area contributed by atoms with Crippen LogP contribution < -0.4 is 10.5 Å². The van der Waals surface area contributed by atoms with Gasteiger partial charge in [0.15, 0.2) is 11.6 Å². The molecular formula is C11H14FN3O4. The third-order valence-corrected chi connectivity index (χ3v) is 2.41. The van der Waals surface area contributed by atoms with Crippen LogP contribution in [0.1, 0.15) is 18.4 Å². The summed E-state index contributed by atoms with van der Waals surface area (Å²) in [5, 5.41) is 21.7. The third-order valence-electron chi connectivity index (χ3n) is 2.41. The number of oxime groups is 1. The second-order valence-electron chi connectivity index (χ2n) is 3.87. The van der Waals surface area contributed by atoms with Crippen molar-refractivity contribution < 1.29 is 19.3 Å². The minimum Gasteiger partial charge on any atom is -0.490 e. The van der Waals surface area contributed by atoms with E-state index in [0.717, 1.165) is 6.07 Å². The van der Waals surface area contributed by atoms with E-state index in [2.05, 4.69) is 5.16 Å². The summed E-state index contributed by atoms with van der Waals surface area (Å²) in [5.74, 6) is -0.785. The molecule has 0 bridgehead atoms. The maximum atomic E-state index is 13.5. The van der Waals surface area contributed by atoms with Crippen LogP contribution in [0.4, 0.5) is 10.1 Å². The molecule has 1 aromatic carbocycles. The number of nitro groups is 1. The van der Waals surface area contributed by atoms with Crippen LogP contribution in [-0.4, -0.2) is 22.6 Å². The maximum Gasteiger partial charge on any atom is 0.275 e. The molecule has 19 heavy (non-hydrogen) atoms. The lowest BCUT2D eigenvalue weighted by Crippen LogP contribution is -2.13. The largest absolute Gasteiger partial charge is 0.490 e. The lowest BCUT2D eigenvalue weighted by molar-refractivity contribution is -0.385. The van der Waals surface area contributed by atoms with Gasteiger partial charge in [0.05, 0.1) is 17.6 Å². The summed E-state index contributed by atoms with van der Waals surface area (Å²) in [4.78, 5) is 9.95. The van der Waals surface area contributed by atoms with Gasteiger partial charge in [0.1, 0.15) is 5.84 Å². The van der Waals surface area contributed by atoms with Gasteiger partial charge in [-0.2, -0.15) is 0 Å². The molecule has 104 valence electrons. The van der Waals surface area contributed by atoms with E-state index >= 15 is 0 Å². The number of ether oxygens (including phenoxy) is 1. The van der Waals surface area contributed by atoms with Crippen LogP contribution in [-0.2, 0) is 0 Å². The summed E-state index contributed by atoms with van der Waals surface area (Å²) in [6.07, 6.45) is 0.745. The number of hydrogen-bond donors (Lipinski definition) is 2. The van der Waals surface area contributed by atoms with E-state index in [4.69, 9.17) is 15.7 Å². The average molecular weight is 271 g/mol. The van der Waals surface area contributed by atoms with E-state index in [1.807, 2.05) is 0 Å². The standard InChI is InChI=1S/C11H14FN3O4/c1-7-5-10(8(12)6-9(7)15(17)18)19-4-2-3-11(13)14-16/h5-6,16H,2-4H2,1H3,(H2,13,14). The molecule has 1 rings (SSSR count). The smallest absolute Gasteiger partial charge is 0.275 e. The van der Waals surface area contributed by atoms with E-state index in [9.17, 15) is 14.5 Å². The minimum atomic E-state index is -0.791. The highest BCUT2D eigenvalue weighted by Crippen LogP contribution is 2.27. The van der Waals surface area contributed by atoms with E-state index in [1.165, 1.54) is 13.0 Å². The zero-order valence-corrected chi connectivity index (χ0v) is 10.3. The first-order chi connectivity index (χ1) is 8.95. The molecule has 0 spiro atoms. The first kappa shape index (κ1) is 14.7. The summed E-state index contributed by atoms with van der Waals surface area (Å²) in [5.41, 5.74) is 5.28. The Morgan fingerprint density at radius 2 is 2.32 bits per heavy atom. The van der Waals surface area contributed by atoms with Crippen molar-refractivity contribution in [2.75, 3.05) is 6.61 Å². The molecule has 0 atom stereocenters. The van der Waals surface area contributed by atoms with Crippen LogP contribution >= 0.6 is 0 Å². The van der Waals surface area contributed by atoms with E-state index in [1.54, 1.807) is 0 Å². The van der Waals surface area contributed by atoms with Gasteiger partial charge in [0, 0.05) is 12.0 Å². The molecule has 0 saturated heterocycles. The van der Waals surface area contributed by atoms with Crippen molar-refractivity contribution in [1.82, 2.24) is 0 Å². The number of amidine groups is 1. The van der Waals surface area contributed by atoms with E-state index in [0.29, 0.717) is 18.4 Å². The molecule has 0 unspecified atom stereocenters. The molecule has 0 amide bonds. The summed E-state index contributed by atoms with van der Waals surface area (Å²) in [6.45, 7) is 1.66. The molecule has 0 aliphatic heterocycles. The lowest BCUT2D eigenvalue weighted by atomic mass is 10.2. The molecular weight excluding hydrogens is 257 g/mol. The Bertz CT molecular complexity index is 505. The van der Waals surface area contributed by atoms with Gasteiger partial charge in [-0.25, -0.2) is 4.39 Å². The summed E-state index contributed by atoms with van der Waals surface area (Å²) >= 11 is 0. The number of nitro benzene ring substituents is 1. The van der Waals surface area contributed by atoms with Crippen molar-refractivity contribution >= 4 is 11.5 Å². The molecule has 0 radical (unpaired) electrons. The van der Waals surface area contributed by atoms with E-state index < -0.39 is 10.7 Å². The zero-order chi connectivity index (χ0) is 14.4. The second-order valence-corrected chi connectivity index (χ2v) is 3.87. The topological polar surface area (TPSA) is 111 Å². The monoisotopic (exact) mass is 271 g/mol. The summed E-state index contributed by atoms with van der Waals surface area (Å²) in [6, 6.07) is 2.10. The van der Waals surface area contributed by atoms with Crippen LogP contribution in [0.2, 0.25) is 0 Å². The normalized spacial score (nSPS) is 11.4. The predicted octanol–water partition coefficient (Wildman–Crippen LogP) is 1.95. The molecule has 1 aromatic rings. The number of benzene rings is 1. The van der Waals surface area contributed by atoms with E-state index in [-0.39, 0.29) is 23.9 Å². The Morgan fingerprint density at radius 3 is 2.89 bits per heavy atom. The van der Waals surface area contributed by atoms with Crippen molar-refractivity contribution in [3.8, 4) is 5.75 Å². The SMILES string of the molecule is Cc1cc(OCCC/C(N)=N/O)c(F)cc1[N+](=O)[O-]. The van der Waals surface area contributed by atoms with Crippen LogP contribution in [0.15, 0.2) is 17.3 Å². The second kappa shape index (κ2) is 6.53. The highest BCUT2D eigenvalue weighted by atomic mass is 19.1. The number of nitrogens with zero attached hydrogens (tertiary/aromatic N) is 2. The van der Waals surface area contributed by atoms with Crippen molar-refractivity contribution in [3.05, 3.63) is 33.6 Å². The quantitative estimate of drug-likeness (QED) is 0.205. The average Bonchev–Trinajstić information content (AvgIpc) is 2.37. The van der Waals surface area contributed by atoms with Gasteiger partial charge in [-0.1, -0.05) is 5.16 Å². The van der Waals surface area contributed by atoms with Crippen LogP contribution in [0, 0.1) is 22.9 Å². The van der Waals surface area contributed by atoms with Crippen LogP contribution in [0.3, 0.4) is 0 Å². The number of rotatable bonds is 6. The maximum absolute atomic E-state index is 13.5. The molecule has 0 saturated carbocycles. The number of nitrogens with two attached hydrogens (primary N) is 1. The fourth-order valence-corrected chi connectivity index (χ4v) is 1.44. The highest BCUT2D eigenvalue weighted by Gasteiger charge is 2.16. The number of halogens is 1. The van der Waals surface area contributed by atoms with Gasteiger partial charge in [-0.3, -0.25) is 10.1 Å². The first-order valence-electron chi connectivity index (χ1n) is 5.49. The Hall–Kier alpha value is -2.38. The zero-order valence-electron chi connectivity index (χ0n) is 10.3. The lowest BCUT2D eigenvalue weighted by Gasteiger charge is -2.08. The Balaban J connectivity index is 2.65. The van der Waals surface area contributed by atoms with Gasteiger partial charge in [0.2, 0.25) is 0 Å². The van der Waals surface area contributed by atoms with Crippen LogP contribution in [0.25, 0.3) is 0 Å². The fourth-order valence-electron chi connectivity index (χ4n) is 1.44. The summed E-state index contributed by atoms with van der Waals surface area (Å²) in [7, 11) is 0. The molecule has 0 aliphatic carbocycles. The van der Waals surface area contributed by atoms with Gasteiger partial charge in [-0.05, 0) is 19.4 Å². The van der Waals surface area contributed by atoms with Crippen molar-refractivity contribution in [3.63, 3.8) is 0 Å². The van der Waals surface area contributed by atoms with Crippen molar-refractivity contribution in [1.29, 1.82) is 0 Å². The van der Waals surface area contributed by atoms with Crippen molar-refractivity contribution in [2.45, 2.75) is 19.8 Å². The van der Waals surface area contributed by atoms with Gasteiger partial charge in [-0.15, -0.1) is 0 Å². The fraction of sp³-hybridized carbons (Fsp3) is 0.364. The highest BCUT2D eigenvalue weighted by molar-refractivity contribution is 5.79. The Labute approximate surface area is 108 Å². The molecule has 7 nitrogen and oxygen atoms in total. The third kappa shape index (κ3) is 4.09. The molecule has 0 aromatic heterocycles. The Kier molecular flexibility index (Phi) is 5.04. The predicted molar refractivity (Wildman–Crippen MR) is 65.9 cm³/mol. The molecule has 0 fully saturated rings. The Morgan fingerprint density at radius 1 is 1.63 bits per heavy atom. The molecule has 0 aliphatic rings. The molecule has 8 heteroatoms. The van der Waals surface area contributed by atoms with Gasteiger partial charge < -0.3 is 15.7 Å². The number of hydrogen-bond acceptors (Lipinski definition) is 5. The number of aryl methyl sites for hydroxylation is 1. The summed E-state index contributed by atoms with van der Waals surface area (Å²) < 4.78 is 18.7. The van der Waals surface area contributed by atoms with Crippen LogP contribution in [0.5, 0.6) is 5.75 Å². The van der Waals surface area contributed by atoms with Crippen molar-refractivity contribution in [2.24, 2.45) is 10.9 Å².